The standard InChI is InChI=1S/C16H36N4.C6H13NO2.2ClHO4.Ni/c1-13-11-15(3,4)19-10-8-18-14(2)12-16(5,6)20-9-7-17-13;1-4(2)3-5(7)6(8)9;2*2-1(3,4)5;/h13-14,17-20H,7-12H2,1-6H3;4-5H,3,7H2,1-2H3,(H,8,9);2*(H,2,3,4,5);/q;;;;+2/p-2/t13-,14-;5-;;;/m00.../s1. The fourth-order valence-corrected chi connectivity index (χ4v) is 3.92. The fourth-order valence-electron chi connectivity index (χ4n) is 3.92. The molecule has 0 saturated carbocycles. The second-order valence-electron chi connectivity index (χ2n) is 11.1. The second kappa shape index (κ2) is 22.5. The fraction of sp³-hybridized carbons (Fsp3) is 0.955. The normalized spacial score (nSPS) is 22.8. The molecule has 1 fully saturated rings. The van der Waals surface area contributed by atoms with Crippen LogP contribution in [0.1, 0.15) is 74.7 Å². The van der Waals surface area contributed by atoms with Crippen molar-refractivity contribution in [3.63, 3.8) is 0 Å². The van der Waals surface area contributed by atoms with Gasteiger partial charge in [-0.1, -0.05) is 13.8 Å². The molecule has 0 aromatic rings. The average Bonchev–Trinajstić information content (AvgIpc) is 2.65. The number of quaternary nitrogens is 1. The van der Waals surface area contributed by atoms with Gasteiger partial charge in [0.25, 0.3) is 0 Å². The van der Waals surface area contributed by atoms with Crippen molar-refractivity contribution in [1.29, 1.82) is 0 Å². The summed E-state index contributed by atoms with van der Waals surface area (Å²) in [6.07, 6.45) is 2.89. The van der Waals surface area contributed by atoms with Gasteiger partial charge in [0.1, 0.15) is 6.04 Å². The van der Waals surface area contributed by atoms with Crippen LogP contribution in [0.4, 0.5) is 0 Å². The van der Waals surface area contributed by atoms with E-state index in [0.717, 1.165) is 39.0 Å². The van der Waals surface area contributed by atoms with E-state index in [1.807, 2.05) is 13.8 Å². The maximum absolute atomic E-state index is 10.1. The van der Waals surface area contributed by atoms with Crippen molar-refractivity contribution >= 4 is 5.97 Å². The number of carbonyl (C=O) groups excluding carboxylic acids is 1. The number of carbonyl (C=O) groups is 1. The van der Waals surface area contributed by atoms with Gasteiger partial charge in [-0.3, -0.25) is 0 Å². The maximum atomic E-state index is 10.1. The van der Waals surface area contributed by atoms with E-state index in [1.54, 1.807) is 0 Å². The third-order valence-corrected chi connectivity index (χ3v) is 5.16. The Hall–Kier alpha value is 0.0235. The molecule has 0 radical (unpaired) electrons. The summed E-state index contributed by atoms with van der Waals surface area (Å²) in [5.41, 5.74) is 3.79. The molecule has 15 nitrogen and oxygen atoms in total. The predicted octanol–water partition coefficient (Wildman–Crippen LogP) is -9.65. The van der Waals surface area contributed by atoms with Crippen LogP contribution in [0, 0.1) is 26.4 Å². The Kier molecular flexibility index (Phi) is 26.5. The summed E-state index contributed by atoms with van der Waals surface area (Å²) >= 11 is 0. The Labute approximate surface area is 252 Å². The Balaban J connectivity index is -0.000000268. The third-order valence-electron chi connectivity index (χ3n) is 5.16. The number of nitrogens with one attached hydrogen (secondary N) is 4. The minimum absolute atomic E-state index is 0. The largest absolute Gasteiger partial charge is 2.00 e. The van der Waals surface area contributed by atoms with Crippen molar-refractivity contribution in [2.24, 2.45) is 5.92 Å². The molecule has 0 aromatic carbocycles. The van der Waals surface area contributed by atoms with Crippen LogP contribution in [0.3, 0.4) is 0 Å². The van der Waals surface area contributed by atoms with E-state index in [9.17, 15) is 9.90 Å². The van der Waals surface area contributed by atoms with E-state index < -0.39 is 32.5 Å². The quantitative estimate of drug-likeness (QED) is 0.174. The van der Waals surface area contributed by atoms with Crippen molar-refractivity contribution in [2.75, 3.05) is 26.2 Å². The van der Waals surface area contributed by atoms with E-state index in [2.05, 4.69) is 68.5 Å². The zero-order valence-corrected chi connectivity index (χ0v) is 27.1. The molecule has 1 aliphatic heterocycles. The number of hydrogen-bond acceptors (Lipinski definition) is 14. The first-order valence-corrected chi connectivity index (χ1v) is 14.9. The minimum atomic E-state index is -4.94. The molecule has 0 spiro atoms. The summed E-state index contributed by atoms with van der Waals surface area (Å²) in [7, 11) is -9.89. The monoisotopic (exact) mass is 671 g/mol. The summed E-state index contributed by atoms with van der Waals surface area (Å²) in [4.78, 5) is 10.1. The van der Waals surface area contributed by atoms with Crippen molar-refractivity contribution in [1.82, 2.24) is 21.3 Å². The Morgan fingerprint density at radius 3 is 1.25 bits per heavy atom. The van der Waals surface area contributed by atoms with Crippen LogP contribution in [-0.4, -0.2) is 61.4 Å². The first kappa shape index (κ1) is 47.0. The smallest absolute Gasteiger partial charge is 0.544 e. The van der Waals surface area contributed by atoms with Crippen molar-refractivity contribution in [3.05, 3.63) is 0 Å². The zero-order valence-electron chi connectivity index (χ0n) is 24.6. The third kappa shape index (κ3) is 45.0. The van der Waals surface area contributed by atoms with Crippen LogP contribution in [0.5, 0.6) is 0 Å². The van der Waals surface area contributed by atoms with Gasteiger partial charge >= 0.3 is 16.5 Å². The molecule has 0 aliphatic carbocycles. The topological polar surface area (TPSA) is 300 Å². The van der Waals surface area contributed by atoms with Crippen LogP contribution in [0.25, 0.3) is 0 Å². The van der Waals surface area contributed by atoms with Gasteiger partial charge in [-0.05, 0) is 60.3 Å². The molecular weight excluding hydrogens is 624 g/mol. The Morgan fingerprint density at radius 2 is 1.05 bits per heavy atom. The molecule has 7 N–H and O–H groups in total. The van der Waals surface area contributed by atoms with Gasteiger partial charge in [0.15, 0.2) is 0 Å². The molecule has 40 heavy (non-hydrogen) atoms. The Bertz CT molecular complexity index is 590. The number of rotatable bonds is 3. The first-order valence-electron chi connectivity index (χ1n) is 12.5. The number of aliphatic carboxylic acids is 1. The molecule has 3 atom stereocenters. The molecule has 1 aliphatic rings. The molecule has 1 rings (SSSR count). The zero-order chi connectivity index (χ0) is 31.7. The number of carboxylic acids is 1. The molecule has 1 heterocycles. The maximum Gasteiger partial charge on any atom is 2.00 e. The van der Waals surface area contributed by atoms with Gasteiger partial charge in [0.2, 0.25) is 0 Å². The summed E-state index contributed by atoms with van der Waals surface area (Å²) in [6.45, 7) is 21.8. The van der Waals surface area contributed by atoms with E-state index in [-0.39, 0.29) is 27.6 Å². The van der Waals surface area contributed by atoms with E-state index in [1.165, 1.54) is 0 Å². The van der Waals surface area contributed by atoms with E-state index >= 15 is 0 Å². The van der Waals surface area contributed by atoms with Gasteiger partial charge in [0.05, 0.1) is 5.97 Å². The Morgan fingerprint density at radius 1 is 0.775 bits per heavy atom. The van der Waals surface area contributed by atoms with E-state index in [0.29, 0.717) is 24.4 Å². The van der Waals surface area contributed by atoms with Crippen LogP contribution >= 0.6 is 0 Å². The predicted molar refractivity (Wildman–Crippen MR) is 119 cm³/mol. The molecular formula is C22H49Cl2N5NiO10. The summed E-state index contributed by atoms with van der Waals surface area (Å²) in [5.74, 6) is -0.672. The van der Waals surface area contributed by atoms with Gasteiger partial charge < -0.3 is 36.9 Å². The van der Waals surface area contributed by atoms with Crippen molar-refractivity contribution in [2.45, 2.75) is 104 Å². The van der Waals surface area contributed by atoms with Crippen LogP contribution in [-0.2, 0) is 21.3 Å². The molecule has 18 heteroatoms. The number of halogens is 2. The number of carboxylic acid groups (broad SMARTS) is 1. The summed E-state index contributed by atoms with van der Waals surface area (Å²) in [5, 5.41) is 24.6. The van der Waals surface area contributed by atoms with Gasteiger partial charge in [-0.2, -0.15) is 0 Å². The average molecular weight is 673 g/mol. The van der Waals surface area contributed by atoms with E-state index in [4.69, 9.17) is 37.3 Å². The van der Waals surface area contributed by atoms with Gasteiger partial charge in [-0.15, -0.1) is 20.5 Å². The van der Waals surface area contributed by atoms with Crippen LogP contribution in [0.2, 0.25) is 0 Å². The van der Waals surface area contributed by atoms with Gasteiger partial charge in [0, 0.05) is 55.8 Å². The SMILES string of the molecule is CC(C)C[C@H]([NH3+])C(=O)[O-].C[C@H]1CC(C)(C)NCCN[C@@H](C)CC(C)(C)NCCN1.[Ni+2].[O-][Cl+3]([O-])([O-])[O-].[O-][Cl+3]([O-])([O-])[O-]. The molecule has 0 unspecified atom stereocenters. The first-order chi connectivity index (χ1) is 17.2. The molecule has 1 saturated heterocycles. The number of hydrogen-bond donors (Lipinski definition) is 5. The summed E-state index contributed by atoms with van der Waals surface area (Å²) < 4.78 is 67.9. The van der Waals surface area contributed by atoms with Crippen molar-refractivity contribution < 1.29 is 89.9 Å². The molecule has 246 valence electrons. The van der Waals surface area contributed by atoms with Crippen LogP contribution in [0.15, 0.2) is 0 Å². The van der Waals surface area contributed by atoms with Crippen molar-refractivity contribution in [3.8, 4) is 0 Å². The van der Waals surface area contributed by atoms with Crippen LogP contribution < -0.4 is 69.4 Å². The summed E-state index contributed by atoms with van der Waals surface area (Å²) in [6, 6.07) is 0.527. The second-order valence-corrected chi connectivity index (χ2v) is 12.7. The molecule has 0 bridgehead atoms. The molecule has 0 amide bonds. The molecule has 0 aromatic heterocycles. The van der Waals surface area contributed by atoms with Gasteiger partial charge in [-0.25, -0.2) is 37.3 Å². The minimum Gasteiger partial charge on any atom is -0.544 e.